The van der Waals surface area contributed by atoms with Crippen molar-refractivity contribution in [3.63, 3.8) is 0 Å². The Kier molecular flexibility index (Phi) is 7.63. The molecule has 1 aliphatic rings. The molecule has 2 N–H and O–H groups in total. The maximum Gasteiger partial charge on any atom is 0.238 e. The molecule has 0 unspecified atom stereocenters. The van der Waals surface area contributed by atoms with Crippen LogP contribution < -0.4 is 10.6 Å². The van der Waals surface area contributed by atoms with Gasteiger partial charge in [0.05, 0.1) is 13.1 Å². The minimum atomic E-state index is -0.0605. The molecule has 3 rings (SSSR count). The van der Waals surface area contributed by atoms with Crippen molar-refractivity contribution < 1.29 is 9.59 Å². The molecule has 0 saturated carbocycles. The van der Waals surface area contributed by atoms with Crippen molar-refractivity contribution in [1.82, 2.24) is 9.80 Å². The molecule has 1 fully saturated rings. The number of anilines is 2. The van der Waals surface area contributed by atoms with Crippen LogP contribution in [-0.4, -0.2) is 60.9 Å². The highest BCUT2D eigenvalue weighted by molar-refractivity contribution is 6.30. The van der Waals surface area contributed by atoms with E-state index in [2.05, 4.69) is 27.4 Å². The lowest BCUT2D eigenvalue weighted by molar-refractivity contribution is -0.120. The van der Waals surface area contributed by atoms with Crippen LogP contribution in [0, 0.1) is 0 Å². The van der Waals surface area contributed by atoms with E-state index < -0.39 is 0 Å². The minimum Gasteiger partial charge on any atom is -0.325 e. The number of carbonyl (C=O) groups excluding carboxylic acids is 2. The van der Waals surface area contributed by atoms with Gasteiger partial charge in [-0.2, -0.15) is 0 Å². The van der Waals surface area contributed by atoms with Crippen molar-refractivity contribution in [2.45, 2.75) is 13.3 Å². The van der Waals surface area contributed by atoms with E-state index in [9.17, 15) is 9.59 Å². The Morgan fingerprint density at radius 1 is 0.897 bits per heavy atom. The highest BCUT2D eigenvalue weighted by atomic mass is 35.5. The molecule has 1 saturated heterocycles. The first-order valence-electron chi connectivity index (χ1n) is 9.91. The van der Waals surface area contributed by atoms with Gasteiger partial charge in [0.25, 0.3) is 0 Å². The fraction of sp³-hybridized carbons (Fsp3) is 0.364. The number of carbonyl (C=O) groups is 2. The maximum atomic E-state index is 12.4. The average Bonchev–Trinajstić information content (AvgIpc) is 2.70. The van der Waals surface area contributed by atoms with Gasteiger partial charge in [0.15, 0.2) is 0 Å². The number of aryl methyl sites for hydroxylation is 1. The van der Waals surface area contributed by atoms with Gasteiger partial charge in [-0.05, 0) is 36.2 Å². The van der Waals surface area contributed by atoms with E-state index in [0.717, 1.165) is 43.9 Å². The maximum absolute atomic E-state index is 12.4. The van der Waals surface area contributed by atoms with Crippen LogP contribution in [0.5, 0.6) is 0 Å². The fourth-order valence-electron chi connectivity index (χ4n) is 3.42. The lowest BCUT2D eigenvalue weighted by Gasteiger charge is -2.33. The van der Waals surface area contributed by atoms with Crippen molar-refractivity contribution in [2.24, 2.45) is 0 Å². The second-order valence-corrected chi connectivity index (χ2v) is 7.61. The lowest BCUT2D eigenvalue weighted by atomic mass is 10.1. The largest absolute Gasteiger partial charge is 0.325 e. The summed E-state index contributed by atoms with van der Waals surface area (Å²) >= 11 is 5.95. The van der Waals surface area contributed by atoms with Crippen LogP contribution in [0.15, 0.2) is 48.5 Å². The number of hydrogen-bond donors (Lipinski definition) is 2. The smallest absolute Gasteiger partial charge is 0.238 e. The molecular weight excluding hydrogens is 388 g/mol. The summed E-state index contributed by atoms with van der Waals surface area (Å²) in [6.45, 7) is 5.79. The van der Waals surface area contributed by atoms with Crippen LogP contribution in [0.4, 0.5) is 11.4 Å². The van der Waals surface area contributed by atoms with Crippen molar-refractivity contribution in [3.8, 4) is 0 Å². The predicted molar refractivity (Wildman–Crippen MR) is 117 cm³/mol. The summed E-state index contributed by atoms with van der Waals surface area (Å²) in [6, 6.07) is 15.0. The summed E-state index contributed by atoms with van der Waals surface area (Å²) in [4.78, 5) is 28.9. The van der Waals surface area contributed by atoms with Crippen molar-refractivity contribution in [3.05, 3.63) is 59.1 Å². The first kappa shape index (κ1) is 21.3. The van der Waals surface area contributed by atoms with Crippen molar-refractivity contribution >= 4 is 34.8 Å². The van der Waals surface area contributed by atoms with Gasteiger partial charge in [-0.15, -0.1) is 0 Å². The summed E-state index contributed by atoms with van der Waals surface area (Å²) in [5.41, 5.74) is 2.72. The molecule has 0 aromatic heterocycles. The molecule has 154 valence electrons. The SMILES string of the molecule is CCc1ccccc1NC(=O)CN1CCN(CC(=O)Nc2cccc(Cl)c2)CC1. The number of nitrogens with one attached hydrogen (secondary N) is 2. The van der Waals surface area contributed by atoms with Gasteiger partial charge in [0, 0.05) is 42.6 Å². The van der Waals surface area contributed by atoms with E-state index in [4.69, 9.17) is 11.6 Å². The normalized spacial score (nSPS) is 15.1. The Labute approximate surface area is 176 Å². The first-order chi connectivity index (χ1) is 14.0. The standard InChI is InChI=1S/C22H27ClN4O2/c1-2-17-6-3-4-9-20(17)25-22(29)16-27-12-10-26(11-13-27)15-21(28)24-19-8-5-7-18(23)14-19/h3-9,14H,2,10-13,15-16H2,1H3,(H,24,28)(H,25,29). The summed E-state index contributed by atoms with van der Waals surface area (Å²) in [5, 5.41) is 6.48. The molecule has 2 aromatic carbocycles. The first-order valence-corrected chi connectivity index (χ1v) is 10.3. The molecule has 0 radical (unpaired) electrons. The summed E-state index contributed by atoms with van der Waals surface area (Å²) in [7, 11) is 0. The monoisotopic (exact) mass is 414 g/mol. The van der Waals surface area contributed by atoms with Gasteiger partial charge in [-0.1, -0.05) is 42.8 Å². The Hall–Kier alpha value is -2.41. The molecule has 29 heavy (non-hydrogen) atoms. The second-order valence-electron chi connectivity index (χ2n) is 7.17. The number of hydrogen-bond acceptors (Lipinski definition) is 4. The number of piperazine rings is 1. The quantitative estimate of drug-likeness (QED) is 0.730. The number of benzene rings is 2. The predicted octanol–water partition coefficient (Wildman–Crippen LogP) is 3.10. The highest BCUT2D eigenvalue weighted by Crippen LogP contribution is 2.16. The van der Waals surface area contributed by atoms with Crippen LogP contribution in [0.25, 0.3) is 0 Å². The number of halogens is 1. The van der Waals surface area contributed by atoms with Crippen LogP contribution in [0.3, 0.4) is 0 Å². The van der Waals surface area contributed by atoms with Crippen LogP contribution in [-0.2, 0) is 16.0 Å². The van der Waals surface area contributed by atoms with Gasteiger partial charge in [0.1, 0.15) is 0 Å². The minimum absolute atomic E-state index is 0.00181. The van der Waals surface area contributed by atoms with Crippen molar-refractivity contribution in [1.29, 1.82) is 0 Å². The Bertz CT molecular complexity index is 850. The molecule has 0 bridgehead atoms. The lowest BCUT2D eigenvalue weighted by Crippen LogP contribution is -2.50. The molecule has 1 heterocycles. The van der Waals surface area contributed by atoms with Gasteiger partial charge in [0.2, 0.25) is 11.8 Å². The molecule has 2 aromatic rings. The van der Waals surface area contributed by atoms with Gasteiger partial charge >= 0.3 is 0 Å². The van der Waals surface area contributed by atoms with Crippen LogP contribution in [0.1, 0.15) is 12.5 Å². The van der Waals surface area contributed by atoms with Crippen molar-refractivity contribution in [2.75, 3.05) is 49.9 Å². The molecule has 7 heteroatoms. The third-order valence-corrected chi connectivity index (χ3v) is 5.22. The van der Waals surface area contributed by atoms with E-state index in [-0.39, 0.29) is 11.8 Å². The fourth-order valence-corrected chi connectivity index (χ4v) is 3.61. The molecular formula is C22H27ClN4O2. The highest BCUT2D eigenvalue weighted by Gasteiger charge is 2.21. The van der Waals surface area contributed by atoms with Gasteiger partial charge in [-0.3, -0.25) is 19.4 Å². The zero-order chi connectivity index (χ0) is 20.6. The molecule has 0 aliphatic carbocycles. The van der Waals surface area contributed by atoms with E-state index in [1.54, 1.807) is 18.2 Å². The summed E-state index contributed by atoms with van der Waals surface area (Å²) in [5.74, 6) is -0.0623. The number of nitrogens with zero attached hydrogens (tertiary/aromatic N) is 2. The van der Waals surface area contributed by atoms with E-state index in [1.807, 2.05) is 30.3 Å². The van der Waals surface area contributed by atoms with E-state index in [1.165, 1.54) is 0 Å². The molecule has 0 spiro atoms. The van der Waals surface area contributed by atoms with Gasteiger partial charge in [-0.25, -0.2) is 0 Å². The number of rotatable bonds is 7. The summed E-state index contributed by atoms with van der Waals surface area (Å²) < 4.78 is 0. The Balaban J connectivity index is 1.41. The van der Waals surface area contributed by atoms with Crippen LogP contribution in [0.2, 0.25) is 5.02 Å². The molecule has 1 aliphatic heterocycles. The molecule has 2 amide bonds. The Morgan fingerprint density at radius 2 is 1.52 bits per heavy atom. The number of amides is 2. The van der Waals surface area contributed by atoms with Gasteiger partial charge < -0.3 is 10.6 Å². The van der Waals surface area contributed by atoms with E-state index >= 15 is 0 Å². The molecule has 0 atom stereocenters. The average molecular weight is 415 g/mol. The third kappa shape index (κ3) is 6.56. The zero-order valence-electron chi connectivity index (χ0n) is 16.7. The van der Waals surface area contributed by atoms with Crippen LogP contribution >= 0.6 is 11.6 Å². The topological polar surface area (TPSA) is 64.7 Å². The second kappa shape index (κ2) is 10.4. The Morgan fingerprint density at radius 3 is 2.14 bits per heavy atom. The summed E-state index contributed by atoms with van der Waals surface area (Å²) in [6.07, 6.45) is 0.881. The molecule has 6 nitrogen and oxygen atoms in total. The zero-order valence-corrected chi connectivity index (χ0v) is 17.4. The van der Waals surface area contributed by atoms with E-state index in [0.29, 0.717) is 23.8 Å². The number of para-hydroxylation sites is 1. The third-order valence-electron chi connectivity index (χ3n) is 4.98.